The summed E-state index contributed by atoms with van der Waals surface area (Å²) in [5.74, 6) is 1.92. The van der Waals surface area contributed by atoms with Crippen LogP contribution in [-0.2, 0) is 13.6 Å². The highest BCUT2D eigenvalue weighted by Crippen LogP contribution is 2.10. The number of benzene rings is 1. The zero-order chi connectivity index (χ0) is 16.7. The summed E-state index contributed by atoms with van der Waals surface area (Å²) >= 11 is 0. The van der Waals surface area contributed by atoms with Crippen LogP contribution in [0.25, 0.3) is 0 Å². The molecule has 0 aliphatic carbocycles. The van der Waals surface area contributed by atoms with E-state index in [9.17, 15) is 4.39 Å². The summed E-state index contributed by atoms with van der Waals surface area (Å²) in [6.45, 7) is 1.63. The van der Waals surface area contributed by atoms with E-state index >= 15 is 0 Å². The van der Waals surface area contributed by atoms with Crippen LogP contribution >= 0.6 is 0 Å². The van der Waals surface area contributed by atoms with E-state index in [4.69, 9.17) is 4.74 Å². The molecule has 0 bridgehead atoms. The highest BCUT2D eigenvalue weighted by molar-refractivity contribution is 5.79. The molecule has 1 aromatic heterocycles. The first-order valence-corrected chi connectivity index (χ1v) is 7.23. The maximum atomic E-state index is 12.8. The topological polar surface area (TPSA) is 67.6 Å². The molecule has 1 aromatic carbocycles. The smallest absolute Gasteiger partial charge is 0.193 e. The van der Waals surface area contributed by atoms with Crippen molar-refractivity contribution in [1.29, 1.82) is 0 Å². The second-order valence-corrected chi connectivity index (χ2v) is 4.92. The van der Waals surface area contributed by atoms with Crippen LogP contribution in [0.3, 0.4) is 0 Å². The number of hydrogen-bond acceptors (Lipinski definition) is 4. The molecule has 2 aromatic rings. The highest BCUT2D eigenvalue weighted by atomic mass is 19.1. The molecule has 1 heterocycles. The molecule has 0 aliphatic rings. The Balaban J connectivity index is 1.77. The largest absolute Gasteiger partial charge is 0.492 e. The summed E-state index contributed by atoms with van der Waals surface area (Å²) in [7, 11) is 5.48. The van der Waals surface area contributed by atoms with Gasteiger partial charge in [-0.3, -0.25) is 9.67 Å². The fourth-order valence-electron chi connectivity index (χ4n) is 1.96. The molecule has 0 aliphatic heterocycles. The molecule has 8 heteroatoms. The number of aliphatic imine (C=N–C) groups is 1. The van der Waals surface area contributed by atoms with Crippen LogP contribution in [0.15, 0.2) is 35.6 Å². The number of likely N-dealkylation sites (N-methyl/N-ethyl adjacent to an activating group) is 1. The van der Waals surface area contributed by atoms with Gasteiger partial charge < -0.3 is 15.0 Å². The average Bonchev–Trinajstić information content (AvgIpc) is 2.95. The lowest BCUT2D eigenvalue weighted by molar-refractivity contribution is 0.281. The van der Waals surface area contributed by atoms with Gasteiger partial charge in [0.15, 0.2) is 5.96 Å². The fraction of sp³-hybridized carbons (Fsp3) is 0.400. The number of nitrogens with zero attached hydrogens (tertiary/aromatic N) is 5. The van der Waals surface area contributed by atoms with Crippen molar-refractivity contribution in [3.8, 4) is 5.75 Å². The van der Waals surface area contributed by atoms with Crippen molar-refractivity contribution < 1.29 is 9.13 Å². The summed E-state index contributed by atoms with van der Waals surface area (Å²) in [6.07, 6.45) is 1.51. The second kappa shape index (κ2) is 8.11. The number of guanidine groups is 1. The standard InChI is InChI=1S/C15H21FN6O/c1-17-15(18-10-14-19-11-20-22(14)3)21(2)8-9-23-13-6-4-12(16)5-7-13/h4-7,11H,8-10H2,1-3H3,(H,17,18). The maximum Gasteiger partial charge on any atom is 0.193 e. The third-order valence-electron chi connectivity index (χ3n) is 3.29. The Morgan fingerprint density at radius 3 is 2.74 bits per heavy atom. The monoisotopic (exact) mass is 320 g/mol. The molecule has 124 valence electrons. The Kier molecular flexibility index (Phi) is 5.90. The van der Waals surface area contributed by atoms with Crippen LogP contribution in [0.1, 0.15) is 5.82 Å². The summed E-state index contributed by atoms with van der Waals surface area (Å²) in [5, 5.41) is 7.24. The van der Waals surface area contributed by atoms with Gasteiger partial charge in [-0.2, -0.15) is 5.10 Å². The van der Waals surface area contributed by atoms with Gasteiger partial charge in [0.2, 0.25) is 0 Å². The molecule has 0 unspecified atom stereocenters. The van der Waals surface area contributed by atoms with Gasteiger partial charge in [-0.05, 0) is 24.3 Å². The Labute approximate surface area is 134 Å². The Morgan fingerprint density at radius 2 is 2.13 bits per heavy atom. The van der Waals surface area contributed by atoms with Crippen molar-refractivity contribution >= 4 is 5.96 Å². The molecule has 7 nitrogen and oxygen atoms in total. The lowest BCUT2D eigenvalue weighted by Gasteiger charge is -2.22. The van der Waals surface area contributed by atoms with E-state index in [0.717, 1.165) is 11.8 Å². The van der Waals surface area contributed by atoms with E-state index in [1.54, 1.807) is 23.9 Å². The van der Waals surface area contributed by atoms with Crippen molar-refractivity contribution in [1.82, 2.24) is 25.0 Å². The SMILES string of the molecule is CN=C(NCc1ncnn1C)N(C)CCOc1ccc(F)cc1. The van der Waals surface area contributed by atoms with Gasteiger partial charge in [0.05, 0.1) is 13.1 Å². The number of halogens is 1. The minimum absolute atomic E-state index is 0.275. The maximum absolute atomic E-state index is 12.8. The summed E-state index contributed by atoms with van der Waals surface area (Å²) in [5.41, 5.74) is 0. The number of rotatable bonds is 6. The minimum Gasteiger partial charge on any atom is -0.492 e. The number of hydrogen-bond donors (Lipinski definition) is 1. The molecular formula is C15H21FN6O. The Morgan fingerprint density at radius 1 is 1.39 bits per heavy atom. The normalized spacial score (nSPS) is 11.4. The van der Waals surface area contributed by atoms with Crippen LogP contribution in [-0.4, -0.2) is 52.9 Å². The first-order valence-electron chi connectivity index (χ1n) is 7.23. The molecule has 0 atom stereocenters. The van der Waals surface area contributed by atoms with E-state index in [2.05, 4.69) is 20.4 Å². The molecule has 0 spiro atoms. The van der Waals surface area contributed by atoms with Gasteiger partial charge in [-0.25, -0.2) is 9.37 Å². The third-order valence-corrected chi connectivity index (χ3v) is 3.29. The van der Waals surface area contributed by atoms with Gasteiger partial charge in [-0.15, -0.1) is 0 Å². The molecule has 0 fully saturated rings. The summed E-state index contributed by atoms with van der Waals surface area (Å²) in [4.78, 5) is 10.3. The van der Waals surface area contributed by atoms with Crippen LogP contribution in [0, 0.1) is 5.82 Å². The van der Waals surface area contributed by atoms with Crippen LogP contribution < -0.4 is 10.1 Å². The van der Waals surface area contributed by atoms with Gasteiger partial charge in [0.25, 0.3) is 0 Å². The molecule has 0 amide bonds. The van der Waals surface area contributed by atoms with E-state index in [-0.39, 0.29) is 5.82 Å². The van der Waals surface area contributed by atoms with Crippen molar-refractivity contribution in [3.63, 3.8) is 0 Å². The first kappa shape index (κ1) is 16.7. The quantitative estimate of drug-likeness (QED) is 0.636. The van der Waals surface area contributed by atoms with Gasteiger partial charge >= 0.3 is 0 Å². The van der Waals surface area contributed by atoms with Crippen LogP contribution in [0.2, 0.25) is 0 Å². The lowest BCUT2D eigenvalue weighted by Crippen LogP contribution is -2.40. The highest BCUT2D eigenvalue weighted by Gasteiger charge is 2.07. The third kappa shape index (κ3) is 4.94. The Bertz CT molecular complexity index is 640. The second-order valence-electron chi connectivity index (χ2n) is 4.92. The van der Waals surface area contributed by atoms with Crippen molar-refractivity contribution in [2.24, 2.45) is 12.0 Å². The average molecular weight is 320 g/mol. The zero-order valence-electron chi connectivity index (χ0n) is 13.5. The number of aromatic nitrogens is 3. The number of aryl methyl sites for hydroxylation is 1. The minimum atomic E-state index is -0.275. The predicted molar refractivity (Wildman–Crippen MR) is 85.7 cm³/mol. The van der Waals surface area contributed by atoms with E-state index in [0.29, 0.717) is 25.4 Å². The lowest BCUT2D eigenvalue weighted by atomic mass is 10.3. The fourth-order valence-corrected chi connectivity index (χ4v) is 1.96. The first-order chi connectivity index (χ1) is 11.1. The van der Waals surface area contributed by atoms with Gasteiger partial charge in [0, 0.05) is 21.1 Å². The number of ether oxygens (including phenoxy) is 1. The predicted octanol–water partition coefficient (Wildman–Crippen LogP) is 1.04. The molecule has 23 heavy (non-hydrogen) atoms. The van der Waals surface area contributed by atoms with Crippen LogP contribution in [0.5, 0.6) is 5.75 Å². The zero-order valence-corrected chi connectivity index (χ0v) is 13.5. The molecule has 0 saturated heterocycles. The van der Waals surface area contributed by atoms with Crippen molar-refractivity contribution in [2.45, 2.75) is 6.54 Å². The van der Waals surface area contributed by atoms with Gasteiger partial charge in [-0.1, -0.05) is 0 Å². The molecule has 0 radical (unpaired) electrons. The van der Waals surface area contributed by atoms with Gasteiger partial charge in [0.1, 0.15) is 30.3 Å². The number of nitrogens with one attached hydrogen (secondary N) is 1. The summed E-state index contributed by atoms with van der Waals surface area (Å²) < 4.78 is 20.1. The Hall–Kier alpha value is -2.64. The molecule has 1 N–H and O–H groups in total. The van der Waals surface area contributed by atoms with Crippen molar-refractivity contribution in [3.05, 3.63) is 42.2 Å². The van der Waals surface area contributed by atoms with E-state index < -0.39 is 0 Å². The summed E-state index contributed by atoms with van der Waals surface area (Å²) in [6, 6.07) is 5.97. The van der Waals surface area contributed by atoms with E-state index in [1.165, 1.54) is 18.5 Å². The van der Waals surface area contributed by atoms with Crippen molar-refractivity contribution in [2.75, 3.05) is 27.2 Å². The molecule has 0 saturated carbocycles. The van der Waals surface area contributed by atoms with E-state index in [1.807, 2.05) is 19.0 Å². The molecule has 2 rings (SSSR count). The van der Waals surface area contributed by atoms with Crippen LogP contribution in [0.4, 0.5) is 4.39 Å². The molecular weight excluding hydrogens is 299 g/mol.